The van der Waals surface area contributed by atoms with Gasteiger partial charge in [0.2, 0.25) is 0 Å². The van der Waals surface area contributed by atoms with Crippen LogP contribution in [0.2, 0.25) is 5.15 Å². The molecule has 1 saturated heterocycles. The lowest BCUT2D eigenvalue weighted by Gasteiger charge is -2.52. The minimum atomic E-state index is -1.09. The summed E-state index contributed by atoms with van der Waals surface area (Å²) in [4.78, 5) is 28.8. The highest BCUT2D eigenvalue weighted by molar-refractivity contribution is 6.29. The number of nitrogens with zero attached hydrogens (tertiary/aromatic N) is 4. The zero-order valence-corrected chi connectivity index (χ0v) is 16.0. The highest BCUT2D eigenvalue weighted by Crippen LogP contribution is 2.39. The lowest BCUT2D eigenvalue weighted by atomic mass is 9.90. The molecule has 1 fully saturated rings. The Balaban J connectivity index is 1.95. The Morgan fingerprint density at radius 3 is 2.77 bits per heavy atom. The molecule has 2 amide bonds. The highest BCUT2D eigenvalue weighted by atomic mass is 35.5. The van der Waals surface area contributed by atoms with E-state index in [0.29, 0.717) is 24.6 Å². The van der Waals surface area contributed by atoms with Gasteiger partial charge in [-0.25, -0.2) is 4.79 Å². The quantitative estimate of drug-likeness (QED) is 0.826. The molecular weight excluding hydrogens is 362 g/mol. The van der Waals surface area contributed by atoms with E-state index in [4.69, 9.17) is 21.1 Å². The van der Waals surface area contributed by atoms with Gasteiger partial charge in [-0.1, -0.05) is 11.6 Å². The van der Waals surface area contributed by atoms with Crippen molar-refractivity contribution in [1.29, 1.82) is 0 Å². The zero-order chi connectivity index (χ0) is 19.1. The molecule has 1 atom stereocenters. The van der Waals surface area contributed by atoms with Gasteiger partial charge in [-0.3, -0.25) is 4.79 Å². The van der Waals surface area contributed by atoms with Crippen LogP contribution in [0.4, 0.5) is 16.3 Å². The van der Waals surface area contributed by atoms with Crippen molar-refractivity contribution in [3.05, 3.63) is 11.2 Å². The topological polar surface area (TPSA) is 96.9 Å². The number of methoxy groups -OCH3 is 1. The van der Waals surface area contributed by atoms with E-state index in [1.807, 2.05) is 4.90 Å². The molecule has 1 aromatic heterocycles. The Morgan fingerprint density at radius 1 is 1.38 bits per heavy atom. The second kappa shape index (κ2) is 6.55. The van der Waals surface area contributed by atoms with Crippen LogP contribution in [0.15, 0.2) is 6.07 Å². The van der Waals surface area contributed by atoms with Crippen molar-refractivity contribution in [2.24, 2.45) is 0 Å². The average Bonchev–Trinajstić information content (AvgIpc) is 2.54. The standard InChI is InChI=1S/C16H22ClN5O4/c1-15(2,3)26-14(24)21-5-6-22-10-7-11(17)19-20-12(10)18-13(23)16(22,8-21)9-25-4/h7H,5-6,8-9H2,1-4H3,(H,18,20,23). The molecule has 2 aliphatic heterocycles. The Hall–Kier alpha value is -2.13. The van der Waals surface area contributed by atoms with E-state index >= 15 is 0 Å². The van der Waals surface area contributed by atoms with Gasteiger partial charge in [-0.15, -0.1) is 10.2 Å². The predicted molar refractivity (Wildman–Crippen MR) is 95.4 cm³/mol. The molecule has 0 aliphatic carbocycles. The molecule has 26 heavy (non-hydrogen) atoms. The Kier molecular flexibility index (Phi) is 4.70. The van der Waals surface area contributed by atoms with Gasteiger partial charge >= 0.3 is 6.09 Å². The first kappa shape index (κ1) is 18.7. The Bertz CT molecular complexity index is 738. The molecule has 0 spiro atoms. The molecule has 0 radical (unpaired) electrons. The Labute approximate surface area is 156 Å². The van der Waals surface area contributed by atoms with Crippen LogP contribution >= 0.6 is 11.6 Å². The molecule has 10 heteroatoms. The smallest absolute Gasteiger partial charge is 0.410 e. The van der Waals surface area contributed by atoms with Crippen LogP contribution in [0, 0.1) is 0 Å². The summed E-state index contributed by atoms with van der Waals surface area (Å²) in [5.41, 5.74) is -1.05. The number of nitrogens with one attached hydrogen (secondary N) is 1. The summed E-state index contributed by atoms with van der Waals surface area (Å²) < 4.78 is 10.8. The summed E-state index contributed by atoms with van der Waals surface area (Å²) in [7, 11) is 1.51. The SMILES string of the molecule is COCC12CN(C(=O)OC(C)(C)C)CCN1c1cc(Cl)nnc1NC2=O. The summed E-state index contributed by atoms with van der Waals surface area (Å²) in [6, 6.07) is 1.65. The number of rotatable bonds is 2. The molecule has 0 aromatic carbocycles. The van der Waals surface area contributed by atoms with Gasteiger partial charge in [-0.05, 0) is 20.8 Å². The van der Waals surface area contributed by atoms with Crippen molar-refractivity contribution in [3.63, 3.8) is 0 Å². The first-order valence-corrected chi connectivity index (χ1v) is 8.63. The number of carbonyl (C=O) groups excluding carboxylic acids is 2. The van der Waals surface area contributed by atoms with Crippen molar-refractivity contribution in [1.82, 2.24) is 15.1 Å². The van der Waals surface area contributed by atoms with Gasteiger partial charge in [0.1, 0.15) is 5.60 Å². The molecule has 3 rings (SSSR count). The monoisotopic (exact) mass is 383 g/mol. The molecule has 1 N–H and O–H groups in total. The van der Waals surface area contributed by atoms with E-state index in [9.17, 15) is 9.59 Å². The minimum absolute atomic E-state index is 0.0948. The fraction of sp³-hybridized carbons (Fsp3) is 0.625. The number of aromatic nitrogens is 2. The summed E-state index contributed by atoms with van der Waals surface area (Å²) in [5, 5.41) is 10.7. The summed E-state index contributed by atoms with van der Waals surface area (Å²) >= 11 is 5.99. The summed E-state index contributed by atoms with van der Waals surface area (Å²) in [6.45, 7) is 6.43. The summed E-state index contributed by atoms with van der Waals surface area (Å²) in [6.07, 6.45) is -0.461. The molecule has 3 heterocycles. The maximum Gasteiger partial charge on any atom is 0.410 e. The fourth-order valence-corrected chi connectivity index (χ4v) is 3.39. The number of ether oxygens (including phenoxy) is 2. The van der Waals surface area contributed by atoms with Crippen LogP contribution in [-0.2, 0) is 14.3 Å². The molecule has 142 valence electrons. The average molecular weight is 384 g/mol. The lowest BCUT2D eigenvalue weighted by molar-refractivity contribution is -0.125. The van der Waals surface area contributed by atoms with Crippen LogP contribution < -0.4 is 10.2 Å². The van der Waals surface area contributed by atoms with Crippen LogP contribution in [0.1, 0.15) is 20.8 Å². The van der Waals surface area contributed by atoms with Crippen LogP contribution in [0.25, 0.3) is 0 Å². The zero-order valence-electron chi connectivity index (χ0n) is 15.2. The predicted octanol–water partition coefficient (Wildman–Crippen LogP) is 1.52. The van der Waals surface area contributed by atoms with E-state index < -0.39 is 17.2 Å². The minimum Gasteiger partial charge on any atom is -0.444 e. The largest absolute Gasteiger partial charge is 0.444 e. The van der Waals surface area contributed by atoms with Crippen molar-refractivity contribution < 1.29 is 19.1 Å². The third-order valence-electron chi connectivity index (χ3n) is 4.29. The fourth-order valence-electron chi connectivity index (χ4n) is 3.25. The van der Waals surface area contributed by atoms with Crippen LogP contribution in [0.5, 0.6) is 0 Å². The maximum absolute atomic E-state index is 12.9. The molecule has 2 aliphatic rings. The second-order valence-electron chi connectivity index (χ2n) is 7.37. The number of amides is 2. The first-order valence-electron chi connectivity index (χ1n) is 8.25. The lowest BCUT2D eigenvalue weighted by Crippen LogP contribution is -2.72. The summed E-state index contributed by atoms with van der Waals surface area (Å²) in [5.74, 6) is 0.0357. The normalized spacial score (nSPS) is 22.4. The van der Waals surface area contributed by atoms with E-state index in [0.717, 1.165) is 0 Å². The third-order valence-corrected chi connectivity index (χ3v) is 4.47. The van der Waals surface area contributed by atoms with Crippen molar-refractivity contribution in [2.75, 3.05) is 43.6 Å². The maximum atomic E-state index is 12.9. The Morgan fingerprint density at radius 2 is 2.12 bits per heavy atom. The van der Waals surface area contributed by atoms with Gasteiger partial charge < -0.3 is 24.6 Å². The molecule has 9 nitrogen and oxygen atoms in total. The second-order valence-corrected chi connectivity index (χ2v) is 7.76. The molecule has 1 unspecified atom stereocenters. The first-order chi connectivity index (χ1) is 12.2. The van der Waals surface area contributed by atoms with Gasteiger partial charge in [0.25, 0.3) is 5.91 Å². The van der Waals surface area contributed by atoms with Crippen LogP contribution in [0.3, 0.4) is 0 Å². The molecule has 1 aromatic rings. The van der Waals surface area contributed by atoms with Crippen molar-refractivity contribution in [3.8, 4) is 0 Å². The molecular formula is C16H22ClN5O4. The van der Waals surface area contributed by atoms with E-state index in [-0.39, 0.29) is 24.2 Å². The number of hydrogen-bond donors (Lipinski definition) is 1. The van der Waals surface area contributed by atoms with E-state index in [2.05, 4.69) is 15.5 Å². The molecule has 0 bridgehead atoms. The number of hydrogen-bond acceptors (Lipinski definition) is 7. The number of anilines is 2. The molecule has 0 saturated carbocycles. The number of piperazine rings is 1. The van der Waals surface area contributed by atoms with Gasteiger partial charge in [0.15, 0.2) is 16.5 Å². The van der Waals surface area contributed by atoms with Gasteiger partial charge in [0.05, 0.1) is 18.8 Å². The third kappa shape index (κ3) is 3.28. The van der Waals surface area contributed by atoms with Gasteiger partial charge in [0, 0.05) is 26.3 Å². The van der Waals surface area contributed by atoms with E-state index in [1.165, 1.54) is 12.0 Å². The number of fused-ring (bicyclic) bond motifs is 3. The highest BCUT2D eigenvalue weighted by Gasteiger charge is 2.53. The van der Waals surface area contributed by atoms with Gasteiger partial charge in [-0.2, -0.15) is 0 Å². The van der Waals surface area contributed by atoms with Crippen LogP contribution in [-0.4, -0.2) is 71.6 Å². The number of carbonyl (C=O) groups is 2. The van der Waals surface area contributed by atoms with Crippen molar-refractivity contribution >= 4 is 35.1 Å². The van der Waals surface area contributed by atoms with E-state index in [1.54, 1.807) is 26.8 Å². The number of halogens is 1. The van der Waals surface area contributed by atoms with Crippen molar-refractivity contribution in [2.45, 2.75) is 31.9 Å².